The van der Waals surface area contributed by atoms with Crippen molar-refractivity contribution in [2.24, 2.45) is 0 Å². The van der Waals surface area contributed by atoms with Gasteiger partial charge in [-0.2, -0.15) is 0 Å². The number of carbonyl (C=O) groups is 1. The van der Waals surface area contributed by atoms with Gasteiger partial charge in [0, 0.05) is 30.4 Å². The van der Waals surface area contributed by atoms with Crippen molar-refractivity contribution in [3.8, 4) is 0 Å². The van der Waals surface area contributed by atoms with E-state index < -0.39 is 0 Å². The Balaban J connectivity index is 1.70. The maximum Gasteiger partial charge on any atom is 0.220 e. The molecule has 0 aliphatic carbocycles. The minimum absolute atomic E-state index is 0.0704. The predicted octanol–water partition coefficient (Wildman–Crippen LogP) is 3.55. The summed E-state index contributed by atoms with van der Waals surface area (Å²) < 4.78 is 14.1. The fourth-order valence-electron chi connectivity index (χ4n) is 2.52. The highest BCUT2D eigenvalue weighted by Gasteiger charge is 2.22. The Labute approximate surface area is 136 Å². The van der Waals surface area contributed by atoms with Gasteiger partial charge in [0.1, 0.15) is 4.60 Å². The fourth-order valence-corrected chi connectivity index (χ4v) is 2.89. The lowest BCUT2D eigenvalue weighted by molar-refractivity contribution is -0.119. The Kier molecular flexibility index (Phi) is 4.38. The number of pyridine rings is 1. The number of amides is 1. The van der Waals surface area contributed by atoms with Crippen molar-refractivity contribution in [3.05, 3.63) is 58.1 Å². The maximum atomic E-state index is 13.9. The smallest absolute Gasteiger partial charge is 0.220 e. The van der Waals surface area contributed by atoms with Gasteiger partial charge in [0.25, 0.3) is 0 Å². The van der Waals surface area contributed by atoms with Gasteiger partial charge < -0.3 is 10.6 Å². The second kappa shape index (κ2) is 6.44. The number of benzene rings is 1. The van der Waals surface area contributed by atoms with Crippen LogP contribution >= 0.6 is 15.9 Å². The lowest BCUT2D eigenvalue weighted by Crippen LogP contribution is -2.18. The third kappa shape index (κ3) is 3.27. The molecule has 22 heavy (non-hydrogen) atoms. The van der Waals surface area contributed by atoms with Crippen molar-refractivity contribution >= 4 is 27.5 Å². The van der Waals surface area contributed by atoms with Crippen LogP contribution in [-0.4, -0.2) is 10.9 Å². The Morgan fingerprint density at radius 3 is 3.05 bits per heavy atom. The van der Waals surface area contributed by atoms with Gasteiger partial charge in [0.05, 0.1) is 6.04 Å². The van der Waals surface area contributed by atoms with Gasteiger partial charge in [0.2, 0.25) is 5.91 Å². The average molecular weight is 364 g/mol. The molecule has 1 aromatic carbocycles. The monoisotopic (exact) mass is 363 g/mol. The third-order valence-electron chi connectivity index (χ3n) is 3.69. The molecule has 4 nitrogen and oxygen atoms in total. The quantitative estimate of drug-likeness (QED) is 0.816. The van der Waals surface area contributed by atoms with E-state index in [0.29, 0.717) is 18.5 Å². The number of carbonyl (C=O) groups excluding carboxylic acids is 1. The number of rotatable bonds is 4. The minimum Gasteiger partial charge on any atom is -0.381 e. The zero-order valence-corrected chi connectivity index (χ0v) is 13.4. The molecule has 2 heterocycles. The van der Waals surface area contributed by atoms with Crippen LogP contribution in [0.2, 0.25) is 0 Å². The Morgan fingerprint density at radius 2 is 2.27 bits per heavy atom. The van der Waals surface area contributed by atoms with E-state index in [1.165, 1.54) is 0 Å². The Bertz CT molecular complexity index is 708. The zero-order chi connectivity index (χ0) is 15.5. The molecular formula is C16H15BrFN3O. The second-order valence-corrected chi connectivity index (χ2v) is 5.96. The van der Waals surface area contributed by atoms with Gasteiger partial charge in [-0.1, -0.05) is 12.1 Å². The molecule has 1 aliphatic heterocycles. The first-order valence-corrected chi connectivity index (χ1v) is 7.85. The molecule has 0 radical (unpaired) electrons. The van der Waals surface area contributed by atoms with Crippen molar-refractivity contribution in [1.29, 1.82) is 0 Å². The molecule has 1 saturated heterocycles. The number of anilines is 1. The lowest BCUT2D eigenvalue weighted by Gasteiger charge is -2.13. The first kappa shape index (κ1) is 15.0. The molecule has 1 aromatic heterocycles. The van der Waals surface area contributed by atoms with Crippen LogP contribution in [0.3, 0.4) is 0 Å². The van der Waals surface area contributed by atoms with Gasteiger partial charge in [-0.15, -0.1) is 0 Å². The van der Waals surface area contributed by atoms with Crippen molar-refractivity contribution < 1.29 is 9.18 Å². The molecule has 2 aromatic rings. The third-order valence-corrected chi connectivity index (χ3v) is 4.25. The van der Waals surface area contributed by atoms with Gasteiger partial charge in [-0.3, -0.25) is 4.79 Å². The van der Waals surface area contributed by atoms with Crippen molar-refractivity contribution in [2.75, 3.05) is 5.32 Å². The average Bonchev–Trinajstić information content (AvgIpc) is 2.96. The van der Waals surface area contributed by atoms with E-state index in [4.69, 9.17) is 0 Å². The Morgan fingerprint density at radius 1 is 1.41 bits per heavy atom. The summed E-state index contributed by atoms with van der Waals surface area (Å²) in [6.07, 6.45) is 2.95. The van der Waals surface area contributed by atoms with Crippen LogP contribution in [0.5, 0.6) is 0 Å². The summed E-state index contributed by atoms with van der Waals surface area (Å²) in [4.78, 5) is 15.2. The van der Waals surface area contributed by atoms with E-state index in [1.54, 1.807) is 12.3 Å². The molecule has 0 bridgehead atoms. The fraction of sp³-hybridized carbons (Fsp3) is 0.250. The number of hydrogen-bond donors (Lipinski definition) is 2. The van der Waals surface area contributed by atoms with Crippen molar-refractivity contribution in [1.82, 2.24) is 10.3 Å². The molecule has 3 rings (SSSR count). The van der Waals surface area contributed by atoms with E-state index in [-0.39, 0.29) is 22.4 Å². The van der Waals surface area contributed by atoms with E-state index >= 15 is 0 Å². The molecule has 114 valence electrons. The van der Waals surface area contributed by atoms with Crippen LogP contribution in [0, 0.1) is 5.82 Å². The van der Waals surface area contributed by atoms with Crippen molar-refractivity contribution in [3.63, 3.8) is 0 Å². The first-order chi connectivity index (χ1) is 10.6. The van der Waals surface area contributed by atoms with Gasteiger partial charge in [-0.25, -0.2) is 9.37 Å². The molecule has 1 fully saturated rings. The lowest BCUT2D eigenvalue weighted by atomic mass is 10.0. The Hall–Kier alpha value is -1.95. The summed E-state index contributed by atoms with van der Waals surface area (Å²) in [6, 6.07) is 9.56. The van der Waals surface area contributed by atoms with Gasteiger partial charge in [-0.05, 0) is 46.1 Å². The molecule has 1 aliphatic rings. The largest absolute Gasteiger partial charge is 0.381 e. The number of nitrogens with zero attached hydrogens (tertiary/aromatic N) is 1. The van der Waals surface area contributed by atoms with Gasteiger partial charge in [0.15, 0.2) is 5.82 Å². The molecule has 1 amide bonds. The number of nitrogens with one attached hydrogen (secondary N) is 2. The topological polar surface area (TPSA) is 54.0 Å². The summed E-state index contributed by atoms with van der Waals surface area (Å²) in [5.74, 6) is -0.263. The highest BCUT2D eigenvalue weighted by molar-refractivity contribution is 9.10. The summed E-state index contributed by atoms with van der Waals surface area (Å²) >= 11 is 3.08. The first-order valence-electron chi connectivity index (χ1n) is 7.05. The summed E-state index contributed by atoms with van der Waals surface area (Å²) in [5, 5.41) is 6.15. The normalized spacial score (nSPS) is 17.4. The van der Waals surface area contributed by atoms with Crippen LogP contribution in [0.15, 0.2) is 41.1 Å². The van der Waals surface area contributed by atoms with Gasteiger partial charge >= 0.3 is 0 Å². The van der Waals surface area contributed by atoms with Crippen LogP contribution < -0.4 is 10.6 Å². The van der Waals surface area contributed by atoms with Crippen LogP contribution in [0.1, 0.15) is 30.0 Å². The highest BCUT2D eigenvalue weighted by Crippen LogP contribution is 2.26. The summed E-state index contributed by atoms with van der Waals surface area (Å²) in [5.41, 5.74) is 2.50. The van der Waals surface area contributed by atoms with Crippen LogP contribution in [-0.2, 0) is 11.3 Å². The maximum absolute atomic E-state index is 13.9. The zero-order valence-electron chi connectivity index (χ0n) is 11.8. The number of aromatic nitrogens is 1. The summed E-state index contributed by atoms with van der Waals surface area (Å²) in [7, 11) is 0. The molecule has 0 spiro atoms. The molecule has 1 unspecified atom stereocenters. The van der Waals surface area contributed by atoms with Crippen LogP contribution in [0.25, 0.3) is 0 Å². The predicted molar refractivity (Wildman–Crippen MR) is 85.8 cm³/mol. The molecular weight excluding hydrogens is 349 g/mol. The molecule has 6 heteroatoms. The molecule has 0 saturated carbocycles. The highest BCUT2D eigenvalue weighted by atomic mass is 79.9. The van der Waals surface area contributed by atoms with Crippen molar-refractivity contribution in [2.45, 2.75) is 25.4 Å². The SMILES string of the molecule is O=C1CCC(c2cccc(NCc3ccnc(Br)c3F)c2)N1. The summed E-state index contributed by atoms with van der Waals surface area (Å²) in [6.45, 7) is 0.368. The van der Waals surface area contributed by atoms with Crippen LogP contribution in [0.4, 0.5) is 10.1 Å². The number of halogens is 2. The van der Waals surface area contributed by atoms with E-state index in [9.17, 15) is 9.18 Å². The second-order valence-electron chi connectivity index (χ2n) is 5.21. The standard InChI is InChI=1S/C16H15BrFN3O/c17-16-15(18)11(6-7-19-16)9-20-12-3-1-2-10(8-12)13-4-5-14(22)21-13/h1-3,6-8,13,20H,4-5,9H2,(H,21,22). The number of hydrogen-bond acceptors (Lipinski definition) is 3. The van der Waals surface area contributed by atoms with E-state index in [1.807, 2.05) is 24.3 Å². The van der Waals surface area contributed by atoms with E-state index in [2.05, 4.69) is 31.5 Å². The minimum atomic E-state index is -0.353. The molecule has 2 N–H and O–H groups in total. The van der Waals surface area contributed by atoms with E-state index in [0.717, 1.165) is 17.7 Å². The molecule has 1 atom stereocenters.